The van der Waals surface area contributed by atoms with Gasteiger partial charge < -0.3 is 15.4 Å². The van der Waals surface area contributed by atoms with Gasteiger partial charge in [0.05, 0.1) is 12.1 Å². The average Bonchev–Trinajstić information content (AvgIpc) is 2.62. The number of carbonyl (C=O) groups excluding carboxylic acids is 1. The third-order valence-electron chi connectivity index (χ3n) is 3.41. The Morgan fingerprint density at radius 1 is 1.12 bits per heavy atom. The quantitative estimate of drug-likeness (QED) is 0.699. The van der Waals surface area contributed by atoms with Crippen LogP contribution in [0.5, 0.6) is 5.75 Å². The molecule has 0 radical (unpaired) electrons. The number of benzene rings is 2. The second-order valence-electron chi connectivity index (χ2n) is 5.23. The van der Waals surface area contributed by atoms with E-state index in [1.165, 1.54) is 31.6 Å². The molecule has 6 nitrogen and oxygen atoms in total. The van der Waals surface area contributed by atoms with Gasteiger partial charge in [0.25, 0.3) is 5.91 Å². The molecule has 0 saturated heterocycles. The van der Waals surface area contributed by atoms with Crippen LogP contribution in [0.15, 0.2) is 54.9 Å². The minimum absolute atomic E-state index is 0.144. The summed E-state index contributed by atoms with van der Waals surface area (Å²) < 4.78 is 18.3. The van der Waals surface area contributed by atoms with E-state index in [1.54, 1.807) is 30.3 Å². The van der Waals surface area contributed by atoms with Crippen molar-refractivity contribution in [2.45, 2.75) is 0 Å². The molecule has 0 unspecified atom stereocenters. The molecule has 0 aliphatic carbocycles. The largest absolute Gasteiger partial charge is 0.495 e. The monoisotopic (exact) mass is 372 g/mol. The van der Waals surface area contributed by atoms with E-state index in [2.05, 4.69) is 20.6 Å². The summed E-state index contributed by atoms with van der Waals surface area (Å²) in [6, 6.07) is 12.3. The lowest BCUT2D eigenvalue weighted by Gasteiger charge is -2.09. The van der Waals surface area contributed by atoms with Crippen molar-refractivity contribution in [1.29, 1.82) is 0 Å². The lowest BCUT2D eigenvalue weighted by molar-refractivity contribution is 0.102. The maximum atomic E-state index is 13.2. The van der Waals surface area contributed by atoms with E-state index >= 15 is 0 Å². The van der Waals surface area contributed by atoms with Gasteiger partial charge in [0, 0.05) is 17.4 Å². The summed E-state index contributed by atoms with van der Waals surface area (Å²) in [7, 11) is 1.51. The number of hydrogen-bond donors (Lipinski definition) is 2. The molecule has 2 N–H and O–H groups in total. The fourth-order valence-corrected chi connectivity index (χ4v) is 2.46. The number of methoxy groups -OCH3 is 1. The van der Waals surface area contributed by atoms with Gasteiger partial charge in [-0.3, -0.25) is 4.79 Å². The van der Waals surface area contributed by atoms with E-state index in [-0.39, 0.29) is 11.5 Å². The molecule has 1 heterocycles. The lowest BCUT2D eigenvalue weighted by atomic mass is 10.2. The Labute approximate surface area is 154 Å². The van der Waals surface area contributed by atoms with Gasteiger partial charge in [0.2, 0.25) is 0 Å². The number of aromatic nitrogens is 2. The Kier molecular flexibility index (Phi) is 5.28. The van der Waals surface area contributed by atoms with Crippen LogP contribution in [0.2, 0.25) is 5.02 Å². The molecule has 8 heteroatoms. The summed E-state index contributed by atoms with van der Waals surface area (Å²) in [5.74, 6) is 0.0612. The van der Waals surface area contributed by atoms with Crippen molar-refractivity contribution in [3.8, 4) is 5.75 Å². The first-order valence-corrected chi connectivity index (χ1v) is 7.92. The Morgan fingerprint density at radius 2 is 1.96 bits per heavy atom. The van der Waals surface area contributed by atoms with E-state index in [9.17, 15) is 9.18 Å². The van der Waals surface area contributed by atoms with Crippen molar-refractivity contribution < 1.29 is 13.9 Å². The highest BCUT2D eigenvalue weighted by atomic mass is 35.5. The zero-order valence-corrected chi connectivity index (χ0v) is 14.4. The maximum absolute atomic E-state index is 13.2. The summed E-state index contributed by atoms with van der Waals surface area (Å²) in [6.45, 7) is 0. The highest BCUT2D eigenvalue weighted by Gasteiger charge is 2.11. The van der Waals surface area contributed by atoms with Crippen molar-refractivity contribution in [2.24, 2.45) is 0 Å². The van der Waals surface area contributed by atoms with Gasteiger partial charge >= 0.3 is 0 Å². The molecule has 1 aromatic heterocycles. The summed E-state index contributed by atoms with van der Waals surface area (Å²) in [6.07, 6.45) is 1.25. The van der Waals surface area contributed by atoms with E-state index < -0.39 is 5.91 Å². The molecule has 0 aliphatic rings. The van der Waals surface area contributed by atoms with E-state index in [4.69, 9.17) is 16.3 Å². The third kappa shape index (κ3) is 4.25. The molecule has 26 heavy (non-hydrogen) atoms. The molecular weight excluding hydrogens is 359 g/mol. The van der Waals surface area contributed by atoms with E-state index in [0.717, 1.165) is 0 Å². The minimum Gasteiger partial charge on any atom is -0.495 e. The van der Waals surface area contributed by atoms with Crippen molar-refractivity contribution in [1.82, 2.24) is 9.97 Å². The first-order chi connectivity index (χ1) is 12.5. The van der Waals surface area contributed by atoms with Crippen LogP contribution in [0.1, 0.15) is 10.5 Å². The predicted molar refractivity (Wildman–Crippen MR) is 97.7 cm³/mol. The second kappa shape index (κ2) is 7.79. The van der Waals surface area contributed by atoms with Gasteiger partial charge in [-0.15, -0.1) is 0 Å². The van der Waals surface area contributed by atoms with Crippen LogP contribution in [0.3, 0.4) is 0 Å². The molecule has 0 atom stereocenters. The van der Waals surface area contributed by atoms with Gasteiger partial charge in [-0.05, 0) is 36.4 Å². The Hall–Kier alpha value is -3.19. The molecule has 0 bridgehead atoms. The molecule has 3 aromatic rings. The number of anilines is 3. The standard InChI is InChI=1S/C18H14ClFN4O2/c1-26-16-6-5-13(8-14(16)19)24-18(25)15-9-17(22-10-21-15)23-12-4-2-3-11(20)7-12/h2-10H,1H3,(H,24,25)(H,21,22,23). The molecular formula is C18H14ClFN4O2. The molecule has 1 amide bonds. The van der Waals surface area contributed by atoms with Gasteiger partial charge in [-0.2, -0.15) is 0 Å². The summed E-state index contributed by atoms with van der Waals surface area (Å²) in [5.41, 5.74) is 1.15. The molecule has 2 aromatic carbocycles. The van der Waals surface area contributed by atoms with Crippen LogP contribution in [0.25, 0.3) is 0 Å². The molecule has 0 spiro atoms. The van der Waals surface area contributed by atoms with Crippen LogP contribution < -0.4 is 15.4 Å². The van der Waals surface area contributed by atoms with Crippen LogP contribution in [-0.4, -0.2) is 23.0 Å². The lowest BCUT2D eigenvalue weighted by Crippen LogP contribution is -2.14. The number of rotatable bonds is 5. The number of carbonyl (C=O) groups is 1. The summed E-state index contributed by atoms with van der Waals surface area (Å²) in [5, 5.41) is 5.99. The summed E-state index contributed by atoms with van der Waals surface area (Å²) >= 11 is 6.04. The normalized spacial score (nSPS) is 10.3. The van der Waals surface area contributed by atoms with E-state index in [1.807, 2.05) is 0 Å². The van der Waals surface area contributed by atoms with Crippen LogP contribution in [0, 0.1) is 5.82 Å². The Bertz CT molecular complexity index is 952. The number of ether oxygens (including phenoxy) is 1. The zero-order chi connectivity index (χ0) is 18.5. The highest BCUT2D eigenvalue weighted by molar-refractivity contribution is 6.32. The first kappa shape index (κ1) is 17.6. The average molecular weight is 373 g/mol. The number of nitrogens with one attached hydrogen (secondary N) is 2. The molecule has 3 rings (SSSR count). The molecule has 0 saturated carbocycles. The van der Waals surface area contributed by atoms with E-state index in [0.29, 0.717) is 28.0 Å². The van der Waals surface area contributed by atoms with Crippen LogP contribution in [0.4, 0.5) is 21.6 Å². The van der Waals surface area contributed by atoms with Crippen LogP contribution >= 0.6 is 11.6 Å². The Morgan fingerprint density at radius 3 is 2.69 bits per heavy atom. The number of halogens is 2. The number of nitrogens with zero attached hydrogens (tertiary/aromatic N) is 2. The molecule has 132 valence electrons. The summed E-state index contributed by atoms with van der Waals surface area (Å²) in [4.78, 5) is 20.4. The SMILES string of the molecule is COc1ccc(NC(=O)c2cc(Nc3cccc(F)c3)ncn2)cc1Cl. The van der Waals surface area contributed by atoms with Gasteiger partial charge in [-0.1, -0.05) is 17.7 Å². The van der Waals surface area contributed by atoms with Crippen LogP contribution in [-0.2, 0) is 0 Å². The molecule has 0 aliphatic heterocycles. The van der Waals surface area contributed by atoms with Gasteiger partial charge in [-0.25, -0.2) is 14.4 Å². The fraction of sp³-hybridized carbons (Fsp3) is 0.0556. The Balaban J connectivity index is 1.74. The fourth-order valence-electron chi connectivity index (χ4n) is 2.20. The van der Waals surface area contributed by atoms with Gasteiger partial charge in [0.1, 0.15) is 29.4 Å². The predicted octanol–water partition coefficient (Wildman–Crippen LogP) is 4.27. The second-order valence-corrected chi connectivity index (χ2v) is 5.63. The van der Waals surface area contributed by atoms with Crippen molar-refractivity contribution >= 4 is 34.7 Å². The van der Waals surface area contributed by atoms with Crippen molar-refractivity contribution in [3.63, 3.8) is 0 Å². The number of amides is 1. The van der Waals surface area contributed by atoms with Gasteiger partial charge in [0.15, 0.2) is 0 Å². The topological polar surface area (TPSA) is 76.1 Å². The highest BCUT2D eigenvalue weighted by Crippen LogP contribution is 2.27. The maximum Gasteiger partial charge on any atom is 0.274 e. The minimum atomic E-state index is -0.434. The zero-order valence-electron chi connectivity index (χ0n) is 13.7. The third-order valence-corrected chi connectivity index (χ3v) is 3.70. The number of hydrogen-bond acceptors (Lipinski definition) is 5. The van der Waals surface area contributed by atoms with Crippen molar-refractivity contribution in [3.05, 3.63) is 71.4 Å². The first-order valence-electron chi connectivity index (χ1n) is 7.54. The molecule has 0 fully saturated rings. The smallest absolute Gasteiger partial charge is 0.274 e. The van der Waals surface area contributed by atoms with Crippen molar-refractivity contribution in [2.75, 3.05) is 17.7 Å².